The van der Waals surface area contributed by atoms with Crippen LogP contribution in [0.1, 0.15) is 47.3 Å². The first-order chi connectivity index (χ1) is 15.0. The van der Waals surface area contributed by atoms with E-state index in [9.17, 15) is 9.59 Å². The van der Waals surface area contributed by atoms with Crippen LogP contribution in [0.4, 0.5) is 0 Å². The van der Waals surface area contributed by atoms with Gasteiger partial charge in [0.1, 0.15) is 0 Å². The molecule has 0 unspecified atom stereocenters. The molecule has 2 atom stereocenters. The molecular formula is C27H29NO3. The highest BCUT2D eigenvalue weighted by atomic mass is 16.5. The summed E-state index contributed by atoms with van der Waals surface area (Å²) in [6, 6.07) is 27.5. The minimum atomic E-state index is -0.864. The Morgan fingerprint density at radius 2 is 1.39 bits per heavy atom. The molecule has 0 bridgehead atoms. The SMILES string of the molecule is C[C@H](OC(=O)c1ccccc1Cc1ccccc1)C(=O)N[C@@H](C)CCc1ccccc1. The fraction of sp³-hybridized carbons (Fsp3) is 0.259. The predicted octanol–water partition coefficient (Wildman–Crippen LogP) is 4.96. The Labute approximate surface area is 184 Å². The van der Waals surface area contributed by atoms with Crippen molar-refractivity contribution in [2.75, 3.05) is 0 Å². The van der Waals surface area contributed by atoms with Gasteiger partial charge in [-0.2, -0.15) is 0 Å². The molecule has 4 nitrogen and oxygen atoms in total. The number of esters is 1. The summed E-state index contributed by atoms with van der Waals surface area (Å²) in [4.78, 5) is 25.3. The molecule has 4 heteroatoms. The number of hydrogen-bond acceptors (Lipinski definition) is 3. The van der Waals surface area contributed by atoms with E-state index in [2.05, 4.69) is 17.4 Å². The van der Waals surface area contributed by atoms with E-state index < -0.39 is 12.1 Å². The fourth-order valence-corrected chi connectivity index (χ4v) is 3.43. The monoisotopic (exact) mass is 415 g/mol. The van der Waals surface area contributed by atoms with Gasteiger partial charge in [-0.3, -0.25) is 4.79 Å². The Morgan fingerprint density at radius 1 is 0.806 bits per heavy atom. The standard InChI is InChI=1S/C27H29NO3/c1-20(17-18-22-11-5-3-6-12-22)28-26(29)21(2)31-27(30)25-16-10-9-15-24(25)19-23-13-7-4-8-14-23/h3-16,20-21H,17-19H2,1-2H3,(H,28,29)/t20-,21-/m0/s1. The maximum Gasteiger partial charge on any atom is 0.339 e. The number of hydrogen-bond donors (Lipinski definition) is 1. The number of aryl methyl sites for hydroxylation is 1. The van der Waals surface area contributed by atoms with Gasteiger partial charge in [0, 0.05) is 6.04 Å². The zero-order valence-electron chi connectivity index (χ0n) is 18.1. The Kier molecular flexibility index (Phi) is 7.99. The van der Waals surface area contributed by atoms with Crippen LogP contribution in [0.25, 0.3) is 0 Å². The Morgan fingerprint density at radius 3 is 2.06 bits per heavy atom. The maximum absolute atomic E-state index is 12.8. The maximum atomic E-state index is 12.8. The second kappa shape index (κ2) is 11.1. The van der Waals surface area contributed by atoms with Gasteiger partial charge in [-0.15, -0.1) is 0 Å². The van der Waals surface area contributed by atoms with Gasteiger partial charge in [0.25, 0.3) is 5.91 Å². The lowest BCUT2D eigenvalue weighted by atomic mass is 10.00. The molecule has 1 N–H and O–H groups in total. The number of rotatable bonds is 9. The zero-order valence-corrected chi connectivity index (χ0v) is 18.1. The predicted molar refractivity (Wildman–Crippen MR) is 123 cm³/mol. The summed E-state index contributed by atoms with van der Waals surface area (Å²) in [7, 11) is 0. The van der Waals surface area contributed by atoms with E-state index in [1.54, 1.807) is 13.0 Å². The molecule has 0 aliphatic heterocycles. The van der Waals surface area contributed by atoms with Gasteiger partial charge in [0.2, 0.25) is 0 Å². The molecule has 1 amide bonds. The van der Waals surface area contributed by atoms with E-state index in [1.165, 1.54) is 5.56 Å². The number of amides is 1. The Hall–Kier alpha value is -3.40. The summed E-state index contributed by atoms with van der Waals surface area (Å²) >= 11 is 0. The molecule has 0 saturated heterocycles. The van der Waals surface area contributed by atoms with Crippen molar-refractivity contribution in [3.05, 3.63) is 107 Å². The molecule has 0 radical (unpaired) electrons. The molecule has 31 heavy (non-hydrogen) atoms. The van der Waals surface area contributed by atoms with Gasteiger partial charge in [-0.05, 0) is 55.9 Å². The average Bonchev–Trinajstić information content (AvgIpc) is 2.79. The van der Waals surface area contributed by atoms with Crippen LogP contribution in [0.3, 0.4) is 0 Å². The van der Waals surface area contributed by atoms with E-state index in [-0.39, 0.29) is 11.9 Å². The van der Waals surface area contributed by atoms with Crippen molar-refractivity contribution in [3.63, 3.8) is 0 Å². The summed E-state index contributed by atoms with van der Waals surface area (Å²) in [5.41, 5.74) is 3.71. The number of benzene rings is 3. The highest BCUT2D eigenvalue weighted by Gasteiger charge is 2.21. The molecule has 0 aromatic heterocycles. The van der Waals surface area contributed by atoms with E-state index in [0.29, 0.717) is 12.0 Å². The van der Waals surface area contributed by atoms with Gasteiger partial charge >= 0.3 is 5.97 Å². The normalized spacial score (nSPS) is 12.6. The molecule has 0 aliphatic rings. The van der Waals surface area contributed by atoms with Crippen LogP contribution >= 0.6 is 0 Å². The lowest BCUT2D eigenvalue weighted by Gasteiger charge is -2.18. The highest BCUT2D eigenvalue weighted by molar-refractivity contribution is 5.93. The van der Waals surface area contributed by atoms with Crippen LogP contribution < -0.4 is 5.32 Å². The van der Waals surface area contributed by atoms with Crippen molar-refractivity contribution in [1.82, 2.24) is 5.32 Å². The third-order valence-electron chi connectivity index (χ3n) is 5.23. The molecule has 0 heterocycles. The van der Waals surface area contributed by atoms with Crippen LogP contribution in [0.15, 0.2) is 84.9 Å². The molecule has 3 rings (SSSR count). The first-order valence-corrected chi connectivity index (χ1v) is 10.7. The zero-order chi connectivity index (χ0) is 22.1. The fourth-order valence-electron chi connectivity index (χ4n) is 3.43. The van der Waals surface area contributed by atoms with E-state index in [1.807, 2.05) is 73.7 Å². The van der Waals surface area contributed by atoms with Crippen LogP contribution in [-0.4, -0.2) is 24.0 Å². The van der Waals surface area contributed by atoms with Crippen molar-refractivity contribution in [2.45, 2.75) is 45.3 Å². The minimum absolute atomic E-state index is 0.0146. The lowest BCUT2D eigenvalue weighted by Crippen LogP contribution is -2.41. The van der Waals surface area contributed by atoms with Gasteiger partial charge in [0.15, 0.2) is 6.10 Å². The number of carbonyl (C=O) groups is 2. The molecule has 0 saturated carbocycles. The molecule has 0 aliphatic carbocycles. The second-order valence-electron chi connectivity index (χ2n) is 7.80. The summed E-state index contributed by atoms with van der Waals surface area (Å²) < 4.78 is 5.49. The first kappa shape index (κ1) is 22.3. The van der Waals surface area contributed by atoms with Crippen LogP contribution in [0.2, 0.25) is 0 Å². The topological polar surface area (TPSA) is 55.4 Å². The highest BCUT2D eigenvalue weighted by Crippen LogP contribution is 2.16. The minimum Gasteiger partial charge on any atom is -0.449 e. The van der Waals surface area contributed by atoms with Gasteiger partial charge in [0.05, 0.1) is 5.56 Å². The smallest absolute Gasteiger partial charge is 0.339 e. The van der Waals surface area contributed by atoms with Crippen molar-refractivity contribution in [2.24, 2.45) is 0 Å². The van der Waals surface area contributed by atoms with Gasteiger partial charge in [-0.25, -0.2) is 4.79 Å². The summed E-state index contributed by atoms with van der Waals surface area (Å²) in [6.45, 7) is 3.57. The number of nitrogens with one attached hydrogen (secondary N) is 1. The van der Waals surface area contributed by atoms with E-state index >= 15 is 0 Å². The Bertz CT molecular complexity index is 986. The van der Waals surface area contributed by atoms with E-state index in [0.717, 1.165) is 24.0 Å². The van der Waals surface area contributed by atoms with Crippen molar-refractivity contribution < 1.29 is 14.3 Å². The van der Waals surface area contributed by atoms with E-state index in [4.69, 9.17) is 4.74 Å². The number of ether oxygens (including phenoxy) is 1. The van der Waals surface area contributed by atoms with Crippen LogP contribution in [0, 0.1) is 0 Å². The number of carbonyl (C=O) groups excluding carboxylic acids is 2. The molecular weight excluding hydrogens is 386 g/mol. The second-order valence-corrected chi connectivity index (χ2v) is 7.80. The van der Waals surface area contributed by atoms with Crippen LogP contribution in [-0.2, 0) is 22.4 Å². The largest absolute Gasteiger partial charge is 0.449 e. The van der Waals surface area contributed by atoms with Gasteiger partial charge < -0.3 is 10.1 Å². The third-order valence-corrected chi connectivity index (χ3v) is 5.23. The van der Waals surface area contributed by atoms with Crippen molar-refractivity contribution in [1.29, 1.82) is 0 Å². The quantitative estimate of drug-likeness (QED) is 0.503. The van der Waals surface area contributed by atoms with Crippen molar-refractivity contribution >= 4 is 11.9 Å². The van der Waals surface area contributed by atoms with Crippen molar-refractivity contribution in [3.8, 4) is 0 Å². The molecule has 0 spiro atoms. The molecule has 3 aromatic rings. The third kappa shape index (κ3) is 6.82. The summed E-state index contributed by atoms with van der Waals surface area (Å²) in [5, 5.41) is 2.95. The lowest BCUT2D eigenvalue weighted by molar-refractivity contribution is -0.129. The van der Waals surface area contributed by atoms with Crippen LogP contribution in [0.5, 0.6) is 0 Å². The summed E-state index contributed by atoms with van der Waals surface area (Å²) in [6.07, 6.45) is 1.46. The average molecular weight is 416 g/mol. The molecule has 0 fully saturated rings. The van der Waals surface area contributed by atoms with Gasteiger partial charge in [-0.1, -0.05) is 78.9 Å². The Balaban J connectivity index is 1.54. The summed E-state index contributed by atoms with van der Waals surface area (Å²) in [5.74, 6) is -0.763. The molecule has 160 valence electrons. The molecule has 3 aromatic carbocycles. The first-order valence-electron chi connectivity index (χ1n) is 10.7.